The van der Waals surface area contributed by atoms with Crippen molar-refractivity contribution in [1.82, 2.24) is 10.1 Å². The highest BCUT2D eigenvalue weighted by Crippen LogP contribution is 2.25. The Hall–Kier alpha value is -2.70. The first-order valence-corrected chi connectivity index (χ1v) is 6.94. The summed E-state index contributed by atoms with van der Waals surface area (Å²) in [6, 6.07) is 9.27. The van der Waals surface area contributed by atoms with Crippen molar-refractivity contribution in [3.63, 3.8) is 0 Å². The fourth-order valence-electron chi connectivity index (χ4n) is 2.38. The molecule has 1 atom stereocenters. The minimum atomic E-state index is -0.472. The van der Waals surface area contributed by atoms with Crippen LogP contribution in [0.2, 0.25) is 0 Å². The van der Waals surface area contributed by atoms with Gasteiger partial charge in [0.2, 0.25) is 17.6 Å². The highest BCUT2D eigenvalue weighted by atomic mass is 16.5. The molecule has 1 amide bonds. The fraction of sp³-hybridized carbons (Fsp3) is 0.333. The third kappa shape index (κ3) is 2.98. The Balaban J connectivity index is 1.59. The summed E-state index contributed by atoms with van der Waals surface area (Å²) in [5.74, 6) is -0.245. The number of carbonyl (C=O) groups is 2. The number of para-hydroxylation sites is 1. The van der Waals surface area contributed by atoms with Gasteiger partial charge in [0.25, 0.3) is 0 Å². The van der Waals surface area contributed by atoms with Gasteiger partial charge in [-0.3, -0.25) is 9.59 Å². The second-order valence-corrected chi connectivity index (χ2v) is 5.08. The third-order valence-electron chi connectivity index (χ3n) is 3.44. The predicted molar refractivity (Wildman–Crippen MR) is 75.7 cm³/mol. The number of carbonyl (C=O) groups excluding carboxylic acids is 2. The van der Waals surface area contributed by atoms with Gasteiger partial charge in [0.15, 0.2) is 6.61 Å². The summed E-state index contributed by atoms with van der Waals surface area (Å²) in [7, 11) is 0. The lowest BCUT2D eigenvalue weighted by molar-refractivity contribution is -0.149. The lowest BCUT2D eigenvalue weighted by atomic mass is 10.1. The van der Waals surface area contributed by atoms with Crippen LogP contribution in [0.1, 0.15) is 18.1 Å². The van der Waals surface area contributed by atoms with Crippen molar-refractivity contribution in [1.29, 1.82) is 0 Å². The summed E-state index contributed by atoms with van der Waals surface area (Å²) in [6.45, 7) is 1.94. The van der Waals surface area contributed by atoms with E-state index >= 15 is 0 Å². The van der Waals surface area contributed by atoms with Crippen molar-refractivity contribution < 1.29 is 18.8 Å². The van der Waals surface area contributed by atoms with Gasteiger partial charge in [-0.2, -0.15) is 4.98 Å². The number of hydrogen-bond donors (Lipinski definition) is 0. The van der Waals surface area contributed by atoms with Crippen LogP contribution in [-0.4, -0.2) is 28.6 Å². The number of rotatable bonds is 4. The molecule has 2 heterocycles. The van der Waals surface area contributed by atoms with Crippen molar-refractivity contribution in [2.75, 3.05) is 11.4 Å². The standard InChI is InChI=1S/C15H15N3O4/c1-10-16-13(17-22-10)9-21-15(20)11-7-14(19)18(8-11)12-5-3-2-4-6-12/h2-6,11H,7-9H2,1H3. The molecule has 0 bridgehead atoms. The number of ether oxygens (including phenoxy) is 1. The van der Waals surface area contributed by atoms with Crippen LogP contribution in [0.15, 0.2) is 34.9 Å². The van der Waals surface area contributed by atoms with Crippen LogP contribution >= 0.6 is 0 Å². The summed E-state index contributed by atoms with van der Waals surface area (Å²) in [6.07, 6.45) is 0.152. The van der Waals surface area contributed by atoms with Crippen molar-refractivity contribution in [2.24, 2.45) is 5.92 Å². The highest BCUT2D eigenvalue weighted by molar-refractivity contribution is 5.99. The molecular weight excluding hydrogens is 286 g/mol. The Morgan fingerprint density at radius 1 is 1.41 bits per heavy atom. The van der Waals surface area contributed by atoms with Crippen LogP contribution in [0.4, 0.5) is 5.69 Å². The van der Waals surface area contributed by atoms with Crippen LogP contribution in [0.5, 0.6) is 0 Å². The van der Waals surface area contributed by atoms with Gasteiger partial charge in [-0.15, -0.1) is 0 Å². The summed E-state index contributed by atoms with van der Waals surface area (Å²) < 4.78 is 9.95. The van der Waals surface area contributed by atoms with Crippen molar-refractivity contribution >= 4 is 17.6 Å². The van der Waals surface area contributed by atoms with E-state index in [1.165, 1.54) is 0 Å². The van der Waals surface area contributed by atoms with Crippen molar-refractivity contribution in [2.45, 2.75) is 20.0 Å². The Kier molecular flexibility index (Phi) is 3.86. The fourth-order valence-corrected chi connectivity index (χ4v) is 2.38. The Bertz CT molecular complexity index is 683. The molecule has 7 heteroatoms. The van der Waals surface area contributed by atoms with Crippen LogP contribution in [0.25, 0.3) is 0 Å². The largest absolute Gasteiger partial charge is 0.457 e. The van der Waals surface area contributed by atoms with E-state index in [-0.39, 0.29) is 18.9 Å². The molecule has 1 aromatic carbocycles. The molecule has 1 unspecified atom stereocenters. The molecule has 7 nitrogen and oxygen atoms in total. The van der Waals surface area contributed by atoms with Gasteiger partial charge in [-0.05, 0) is 12.1 Å². The van der Waals surface area contributed by atoms with Crippen molar-refractivity contribution in [3.8, 4) is 0 Å². The number of anilines is 1. The van der Waals surface area contributed by atoms with E-state index in [0.717, 1.165) is 5.69 Å². The van der Waals surface area contributed by atoms with E-state index in [2.05, 4.69) is 10.1 Å². The second-order valence-electron chi connectivity index (χ2n) is 5.08. The van der Waals surface area contributed by atoms with E-state index in [0.29, 0.717) is 18.3 Å². The van der Waals surface area contributed by atoms with Gasteiger partial charge >= 0.3 is 5.97 Å². The number of nitrogens with zero attached hydrogens (tertiary/aromatic N) is 3. The molecule has 0 N–H and O–H groups in total. The van der Waals surface area contributed by atoms with Gasteiger partial charge in [0, 0.05) is 25.6 Å². The summed E-state index contributed by atoms with van der Waals surface area (Å²) >= 11 is 0. The zero-order chi connectivity index (χ0) is 15.5. The average molecular weight is 301 g/mol. The first-order chi connectivity index (χ1) is 10.6. The SMILES string of the molecule is Cc1nc(COC(=O)C2CC(=O)N(c3ccccc3)C2)no1. The second kappa shape index (κ2) is 5.97. The van der Waals surface area contributed by atoms with E-state index in [4.69, 9.17) is 9.26 Å². The van der Waals surface area contributed by atoms with Crippen LogP contribution in [0.3, 0.4) is 0 Å². The maximum atomic E-state index is 12.1. The van der Waals surface area contributed by atoms with E-state index in [1.807, 2.05) is 30.3 Å². The smallest absolute Gasteiger partial charge is 0.311 e. The van der Waals surface area contributed by atoms with E-state index < -0.39 is 11.9 Å². The molecule has 0 spiro atoms. The molecule has 0 radical (unpaired) electrons. The monoisotopic (exact) mass is 301 g/mol. The Labute approximate surface area is 126 Å². The minimum absolute atomic E-state index is 0.0494. The zero-order valence-corrected chi connectivity index (χ0v) is 12.1. The quantitative estimate of drug-likeness (QED) is 0.795. The van der Waals surface area contributed by atoms with Gasteiger partial charge in [0.05, 0.1) is 5.92 Å². The molecular formula is C15H15N3O4. The number of amides is 1. The molecule has 1 saturated heterocycles. The Morgan fingerprint density at radius 3 is 2.86 bits per heavy atom. The number of esters is 1. The first-order valence-electron chi connectivity index (χ1n) is 6.94. The summed E-state index contributed by atoms with van der Waals surface area (Å²) in [4.78, 5) is 29.7. The maximum absolute atomic E-state index is 12.1. The molecule has 3 rings (SSSR count). The van der Waals surface area contributed by atoms with Crippen LogP contribution < -0.4 is 4.90 Å². The van der Waals surface area contributed by atoms with E-state index in [1.54, 1.807) is 11.8 Å². The molecule has 2 aromatic rings. The zero-order valence-electron chi connectivity index (χ0n) is 12.1. The molecule has 1 fully saturated rings. The average Bonchev–Trinajstić information content (AvgIpc) is 3.12. The van der Waals surface area contributed by atoms with Crippen LogP contribution in [0, 0.1) is 12.8 Å². The number of aryl methyl sites for hydroxylation is 1. The van der Waals surface area contributed by atoms with Gasteiger partial charge in [0.1, 0.15) is 0 Å². The topological polar surface area (TPSA) is 85.5 Å². The highest BCUT2D eigenvalue weighted by Gasteiger charge is 2.36. The molecule has 1 aliphatic rings. The minimum Gasteiger partial charge on any atom is -0.457 e. The number of hydrogen-bond acceptors (Lipinski definition) is 6. The van der Waals surface area contributed by atoms with Gasteiger partial charge in [-0.25, -0.2) is 0 Å². The molecule has 1 aliphatic heterocycles. The first kappa shape index (κ1) is 14.2. The molecule has 114 valence electrons. The Morgan fingerprint density at radius 2 is 2.18 bits per heavy atom. The van der Waals surface area contributed by atoms with E-state index in [9.17, 15) is 9.59 Å². The predicted octanol–water partition coefficient (Wildman–Crippen LogP) is 1.47. The molecule has 0 aliphatic carbocycles. The molecule has 1 aromatic heterocycles. The maximum Gasteiger partial charge on any atom is 0.311 e. The molecule has 0 saturated carbocycles. The van der Waals surface area contributed by atoms with Gasteiger partial charge in [-0.1, -0.05) is 23.4 Å². The number of benzene rings is 1. The summed E-state index contributed by atoms with van der Waals surface area (Å²) in [5, 5.41) is 3.65. The summed E-state index contributed by atoms with van der Waals surface area (Å²) in [5.41, 5.74) is 0.789. The molecule has 22 heavy (non-hydrogen) atoms. The van der Waals surface area contributed by atoms with Crippen molar-refractivity contribution in [3.05, 3.63) is 42.0 Å². The lowest BCUT2D eigenvalue weighted by Crippen LogP contribution is -2.26. The number of aromatic nitrogens is 2. The van der Waals surface area contributed by atoms with Gasteiger partial charge < -0.3 is 14.2 Å². The lowest BCUT2D eigenvalue weighted by Gasteiger charge is -2.16. The third-order valence-corrected chi connectivity index (χ3v) is 3.44. The normalized spacial score (nSPS) is 17.8. The van der Waals surface area contributed by atoms with Crippen LogP contribution in [-0.2, 0) is 20.9 Å².